The molecule has 0 spiro atoms. The zero-order valence-electron chi connectivity index (χ0n) is 12.9. The molecule has 0 amide bonds. The van der Waals surface area contributed by atoms with Gasteiger partial charge in [0, 0.05) is 20.2 Å². The third-order valence-electron chi connectivity index (χ3n) is 4.01. The first-order valence-electron chi connectivity index (χ1n) is 7.27. The number of ether oxygens (including phenoxy) is 1. The van der Waals surface area contributed by atoms with Gasteiger partial charge in [-0.2, -0.15) is 4.31 Å². The fourth-order valence-corrected chi connectivity index (χ4v) is 4.23. The van der Waals surface area contributed by atoms with E-state index in [1.165, 1.54) is 4.31 Å². The number of likely N-dealkylation sites (N-methyl/N-ethyl adjacent to an activating group) is 1. The average molecular weight is 312 g/mol. The zero-order valence-corrected chi connectivity index (χ0v) is 13.7. The molecule has 1 atom stereocenters. The number of sulfonamides is 1. The Bertz CT molecular complexity index is 608. The molecule has 1 aliphatic rings. The van der Waals surface area contributed by atoms with E-state index in [0.29, 0.717) is 24.4 Å². The molecule has 5 nitrogen and oxygen atoms in total. The van der Waals surface area contributed by atoms with Crippen molar-refractivity contribution in [2.45, 2.75) is 44.1 Å². The van der Waals surface area contributed by atoms with Crippen LogP contribution in [0.15, 0.2) is 17.0 Å². The van der Waals surface area contributed by atoms with E-state index in [9.17, 15) is 8.42 Å². The minimum atomic E-state index is -3.59. The molecule has 6 heteroatoms. The lowest BCUT2D eigenvalue weighted by Crippen LogP contribution is -2.37. The summed E-state index contributed by atoms with van der Waals surface area (Å²) in [4.78, 5) is 0.223. The number of hydrogen-bond acceptors (Lipinski definition) is 4. The Morgan fingerprint density at radius 1 is 1.29 bits per heavy atom. The normalized spacial score (nSPS) is 19.9. The first-order valence-corrected chi connectivity index (χ1v) is 8.71. The predicted octanol–water partition coefficient (Wildman–Crippen LogP) is 2.08. The minimum absolute atomic E-state index is 0.0233. The highest BCUT2D eigenvalue weighted by atomic mass is 32.2. The van der Waals surface area contributed by atoms with Gasteiger partial charge < -0.3 is 10.5 Å². The summed E-state index contributed by atoms with van der Waals surface area (Å²) in [6.07, 6.45) is 3.02. The van der Waals surface area contributed by atoms with Crippen LogP contribution in [0.4, 0.5) is 5.69 Å². The van der Waals surface area contributed by atoms with Gasteiger partial charge in [-0.05, 0) is 44.2 Å². The molecule has 0 aromatic heterocycles. The summed E-state index contributed by atoms with van der Waals surface area (Å²) in [5.41, 5.74) is 7.80. The summed E-state index contributed by atoms with van der Waals surface area (Å²) in [5.74, 6) is 0. The third-order valence-corrected chi connectivity index (χ3v) is 6.04. The van der Waals surface area contributed by atoms with E-state index in [0.717, 1.165) is 24.8 Å². The van der Waals surface area contributed by atoms with Gasteiger partial charge in [0.2, 0.25) is 10.0 Å². The molecule has 0 radical (unpaired) electrons. The van der Waals surface area contributed by atoms with E-state index in [4.69, 9.17) is 10.5 Å². The van der Waals surface area contributed by atoms with Crippen LogP contribution in [-0.4, -0.2) is 39.0 Å². The lowest BCUT2D eigenvalue weighted by atomic mass is 10.1. The fraction of sp³-hybridized carbons (Fsp3) is 0.600. The average Bonchev–Trinajstić information content (AvgIpc) is 2.44. The standard InChI is InChI=1S/C15H24N2O3S/c1-11-7-8-12(2)15(14(11)16)21(18,19)17(3)10-13-6-4-5-9-20-13/h7-8,13H,4-6,9-10,16H2,1-3H3. The highest BCUT2D eigenvalue weighted by Crippen LogP contribution is 2.28. The number of hydrogen-bond donors (Lipinski definition) is 1. The van der Waals surface area contributed by atoms with Gasteiger partial charge in [-0.25, -0.2) is 8.42 Å². The number of nitrogens with zero attached hydrogens (tertiary/aromatic N) is 1. The summed E-state index contributed by atoms with van der Waals surface area (Å²) in [6, 6.07) is 3.64. The molecule has 1 heterocycles. The Balaban J connectivity index is 2.27. The van der Waals surface area contributed by atoms with Crippen LogP contribution in [0.3, 0.4) is 0 Å². The van der Waals surface area contributed by atoms with Crippen molar-refractivity contribution in [3.8, 4) is 0 Å². The molecule has 1 unspecified atom stereocenters. The Morgan fingerprint density at radius 3 is 2.57 bits per heavy atom. The van der Waals surface area contributed by atoms with Crippen LogP contribution >= 0.6 is 0 Å². The maximum Gasteiger partial charge on any atom is 0.245 e. The Hall–Kier alpha value is -1.11. The summed E-state index contributed by atoms with van der Waals surface area (Å²) >= 11 is 0. The Morgan fingerprint density at radius 2 is 1.95 bits per heavy atom. The molecule has 0 aliphatic carbocycles. The van der Waals surface area contributed by atoms with Gasteiger partial charge in [0.1, 0.15) is 4.90 Å². The van der Waals surface area contributed by atoms with Crippen molar-refractivity contribution < 1.29 is 13.2 Å². The molecule has 0 bridgehead atoms. The van der Waals surface area contributed by atoms with E-state index < -0.39 is 10.0 Å². The molecule has 1 saturated heterocycles. The van der Waals surface area contributed by atoms with Crippen LogP contribution in [0.5, 0.6) is 0 Å². The quantitative estimate of drug-likeness (QED) is 0.864. The third kappa shape index (κ3) is 3.39. The highest BCUT2D eigenvalue weighted by Gasteiger charge is 2.28. The van der Waals surface area contributed by atoms with E-state index in [2.05, 4.69) is 0 Å². The number of nitrogens with two attached hydrogens (primary N) is 1. The van der Waals surface area contributed by atoms with E-state index in [1.54, 1.807) is 20.0 Å². The lowest BCUT2D eigenvalue weighted by Gasteiger charge is -2.27. The fourth-order valence-electron chi connectivity index (χ4n) is 2.64. The maximum atomic E-state index is 12.8. The van der Waals surface area contributed by atoms with Gasteiger partial charge in [-0.15, -0.1) is 0 Å². The van der Waals surface area contributed by atoms with Gasteiger partial charge in [0.05, 0.1) is 11.8 Å². The molecule has 2 N–H and O–H groups in total. The van der Waals surface area contributed by atoms with E-state index >= 15 is 0 Å². The van der Waals surface area contributed by atoms with Gasteiger partial charge in [-0.1, -0.05) is 12.1 Å². The molecule has 2 rings (SSSR count). The van der Waals surface area contributed by atoms with Crippen LogP contribution in [-0.2, 0) is 14.8 Å². The van der Waals surface area contributed by atoms with Gasteiger partial charge in [-0.3, -0.25) is 0 Å². The highest BCUT2D eigenvalue weighted by molar-refractivity contribution is 7.89. The molecule has 0 saturated carbocycles. The van der Waals surface area contributed by atoms with Crippen LogP contribution in [0.1, 0.15) is 30.4 Å². The zero-order chi connectivity index (χ0) is 15.6. The molecule has 1 aromatic carbocycles. The summed E-state index contributed by atoms with van der Waals surface area (Å²) in [6.45, 7) is 4.67. The number of benzene rings is 1. The number of rotatable bonds is 4. The molecule has 1 aliphatic heterocycles. The second-order valence-electron chi connectivity index (χ2n) is 5.72. The molecule has 118 valence electrons. The predicted molar refractivity (Wildman–Crippen MR) is 83.7 cm³/mol. The van der Waals surface area contributed by atoms with Crippen LogP contribution in [0.2, 0.25) is 0 Å². The SMILES string of the molecule is Cc1ccc(C)c(S(=O)(=O)N(C)CC2CCCCO2)c1N. The number of anilines is 1. The van der Waals surface area contributed by atoms with Crippen molar-refractivity contribution in [1.29, 1.82) is 0 Å². The molecule has 1 fully saturated rings. The van der Waals surface area contributed by atoms with Crippen LogP contribution in [0.25, 0.3) is 0 Å². The maximum absolute atomic E-state index is 12.8. The summed E-state index contributed by atoms with van der Waals surface area (Å²) in [7, 11) is -2.00. The van der Waals surface area contributed by atoms with E-state index in [1.807, 2.05) is 13.0 Å². The Kier molecular flexibility index (Phi) is 4.91. The van der Waals surface area contributed by atoms with Gasteiger partial charge in [0.15, 0.2) is 0 Å². The van der Waals surface area contributed by atoms with Crippen molar-refractivity contribution in [1.82, 2.24) is 4.31 Å². The second kappa shape index (κ2) is 6.34. The van der Waals surface area contributed by atoms with Crippen molar-refractivity contribution >= 4 is 15.7 Å². The van der Waals surface area contributed by atoms with E-state index in [-0.39, 0.29) is 11.0 Å². The number of aryl methyl sites for hydroxylation is 2. The topological polar surface area (TPSA) is 72.6 Å². The molecule has 21 heavy (non-hydrogen) atoms. The van der Waals surface area contributed by atoms with Crippen LogP contribution in [0, 0.1) is 13.8 Å². The van der Waals surface area contributed by atoms with Crippen molar-refractivity contribution in [3.63, 3.8) is 0 Å². The first-order chi connectivity index (χ1) is 9.84. The second-order valence-corrected chi connectivity index (χ2v) is 7.70. The largest absolute Gasteiger partial charge is 0.397 e. The Labute approximate surface area is 127 Å². The monoisotopic (exact) mass is 312 g/mol. The molecular formula is C15H24N2O3S. The van der Waals surface area contributed by atoms with Crippen molar-refractivity contribution in [2.24, 2.45) is 0 Å². The summed E-state index contributed by atoms with van der Waals surface area (Å²) < 4.78 is 32.6. The van der Waals surface area contributed by atoms with Crippen molar-refractivity contribution in [3.05, 3.63) is 23.3 Å². The lowest BCUT2D eigenvalue weighted by molar-refractivity contribution is 0.00858. The van der Waals surface area contributed by atoms with Gasteiger partial charge >= 0.3 is 0 Å². The smallest absolute Gasteiger partial charge is 0.245 e. The number of nitrogen functional groups attached to an aromatic ring is 1. The van der Waals surface area contributed by atoms with Crippen LogP contribution < -0.4 is 5.73 Å². The summed E-state index contributed by atoms with van der Waals surface area (Å²) in [5, 5.41) is 0. The molecule has 1 aromatic rings. The van der Waals surface area contributed by atoms with Crippen molar-refractivity contribution in [2.75, 3.05) is 25.9 Å². The minimum Gasteiger partial charge on any atom is -0.397 e. The first kappa shape index (κ1) is 16.3. The molecular weight excluding hydrogens is 288 g/mol. The van der Waals surface area contributed by atoms with Gasteiger partial charge in [0.25, 0.3) is 0 Å².